The van der Waals surface area contributed by atoms with Gasteiger partial charge in [0.05, 0.1) is 5.92 Å². The number of halogens is 1. The Kier molecular flexibility index (Phi) is 5.39. The molecule has 1 aliphatic carbocycles. The van der Waals surface area contributed by atoms with E-state index in [4.69, 9.17) is 5.11 Å². The minimum absolute atomic E-state index is 0.0155. The predicted octanol–water partition coefficient (Wildman–Crippen LogP) is 3.00. The van der Waals surface area contributed by atoms with Gasteiger partial charge in [0, 0.05) is 16.4 Å². The molecule has 0 aromatic heterocycles. The van der Waals surface area contributed by atoms with E-state index in [0.717, 1.165) is 16.5 Å². The summed E-state index contributed by atoms with van der Waals surface area (Å²) in [5.74, 6) is -1.32. The number of benzene rings is 1. The van der Waals surface area contributed by atoms with Crippen LogP contribution in [0.25, 0.3) is 0 Å². The minimum atomic E-state index is -0.786. The largest absolute Gasteiger partial charge is 0.481 e. The van der Waals surface area contributed by atoms with Crippen molar-refractivity contribution in [2.45, 2.75) is 38.6 Å². The Balaban J connectivity index is 1.86. The Morgan fingerprint density at radius 1 is 1.33 bits per heavy atom. The summed E-state index contributed by atoms with van der Waals surface area (Å²) < 4.78 is 1.04. The quantitative estimate of drug-likeness (QED) is 0.854. The van der Waals surface area contributed by atoms with Gasteiger partial charge in [0.1, 0.15) is 0 Å². The molecule has 114 valence electrons. The highest BCUT2D eigenvalue weighted by Crippen LogP contribution is 2.31. The molecule has 2 N–H and O–H groups in total. The van der Waals surface area contributed by atoms with Crippen LogP contribution >= 0.6 is 15.9 Å². The fourth-order valence-corrected chi connectivity index (χ4v) is 3.30. The normalized spacial score (nSPS) is 22.8. The summed E-state index contributed by atoms with van der Waals surface area (Å²) in [5.41, 5.74) is 1.15. The molecule has 1 amide bonds. The molecule has 0 spiro atoms. The van der Waals surface area contributed by atoms with Gasteiger partial charge in [-0.2, -0.15) is 0 Å². The number of amides is 1. The molecule has 3 atom stereocenters. The van der Waals surface area contributed by atoms with Gasteiger partial charge >= 0.3 is 5.97 Å². The van der Waals surface area contributed by atoms with Gasteiger partial charge in [-0.05, 0) is 44.2 Å². The smallest absolute Gasteiger partial charge is 0.306 e. The molecule has 0 bridgehead atoms. The van der Waals surface area contributed by atoms with Crippen LogP contribution < -0.4 is 5.32 Å². The second kappa shape index (κ2) is 7.07. The number of carboxylic acids is 1. The Morgan fingerprint density at radius 3 is 2.62 bits per heavy atom. The van der Waals surface area contributed by atoms with E-state index in [-0.39, 0.29) is 23.8 Å². The first-order valence-corrected chi connectivity index (χ1v) is 8.03. The van der Waals surface area contributed by atoms with E-state index in [2.05, 4.69) is 21.2 Å². The number of hydrogen-bond acceptors (Lipinski definition) is 2. The number of rotatable bonds is 5. The molecule has 0 saturated heterocycles. The van der Waals surface area contributed by atoms with Gasteiger partial charge in [0.15, 0.2) is 0 Å². The third-order valence-electron chi connectivity index (χ3n) is 4.03. The number of aliphatic carboxylic acids is 1. The van der Waals surface area contributed by atoms with Crippen molar-refractivity contribution >= 4 is 27.8 Å². The first-order valence-electron chi connectivity index (χ1n) is 7.24. The van der Waals surface area contributed by atoms with Crippen molar-refractivity contribution in [2.75, 3.05) is 0 Å². The minimum Gasteiger partial charge on any atom is -0.481 e. The van der Waals surface area contributed by atoms with Crippen molar-refractivity contribution in [3.05, 3.63) is 34.3 Å². The summed E-state index contributed by atoms with van der Waals surface area (Å²) in [6.07, 6.45) is 2.49. The van der Waals surface area contributed by atoms with Gasteiger partial charge in [-0.15, -0.1) is 0 Å². The highest BCUT2D eigenvalue weighted by atomic mass is 79.9. The van der Waals surface area contributed by atoms with Gasteiger partial charge < -0.3 is 10.4 Å². The van der Waals surface area contributed by atoms with E-state index in [1.807, 2.05) is 31.2 Å². The Labute approximate surface area is 133 Å². The average molecular weight is 354 g/mol. The lowest BCUT2D eigenvalue weighted by molar-refractivity contribution is -0.141. The zero-order valence-corrected chi connectivity index (χ0v) is 13.6. The van der Waals surface area contributed by atoms with Crippen molar-refractivity contribution < 1.29 is 14.7 Å². The number of carbonyl (C=O) groups is 2. The van der Waals surface area contributed by atoms with Gasteiger partial charge in [-0.1, -0.05) is 34.1 Å². The van der Waals surface area contributed by atoms with Crippen LogP contribution in [0.15, 0.2) is 28.7 Å². The fraction of sp³-hybridized carbons (Fsp3) is 0.500. The highest BCUT2D eigenvalue weighted by Gasteiger charge is 2.34. The molecule has 0 heterocycles. The molecule has 1 aliphatic rings. The molecule has 0 aliphatic heterocycles. The van der Waals surface area contributed by atoms with E-state index in [9.17, 15) is 9.59 Å². The first-order chi connectivity index (χ1) is 9.97. The maximum absolute atomic E-state index is 12.2. The Bertz CT molecular complexity index is 532. The summed E-state index contributed by atoms with van der Waals surface area (Å²) in [5, 5.41) is 12.0. The van der Waals surface area contributed by atoms with Crippen molar-refractivity contribution in [1.29, 1.82) is 0 Å². The topological polar surface area (TPSA) is 66.4 Å². The zero-order chi connectivity index (χ0) is 15.4. The molecule has 1 fully saturated rings. The standard InChI is InChI=1S/C16H20BrNO3/c1-10(8-11-4-2-3-5-14(11)17)18-15(19)12-6-7-13(9-12)16(20)21/h2-5,10,12-13H,6-9H2,1H3,(H,18,19)(H,20,21)/t10?,12-,13+/m1/s1. The summed E-state index contributed by atoms with van der Waals surface area (Å²) in [4.78, 5) is 23.1. The third-order valence-corrected chi connectivity index (χ3v) is 4.80. The molecule has 0 radical (unpaired) electrons. The van der Waals surface area contributed by atoms with Crippen molar-refractivity contribution in [2.24, 2.45) is 11.8 Å². The molecule has 1 aromatic carbocycles. The van der Waals surface area contributed by atoms with Crippen LogP contribution in [0.5, 0.6) is 0 Å². The number of nitrogens with one attached hydrogen (secondary N) is 1. The summed E-state index contributed by atoms with van der Waals surface area (Å²) in [7, 11) is 0. The van der Waals surface area contributed by atoms with Gasteiger partial charge in [-0.3, -0.25) is 9.59 Å². The van der Waals surface area contributed by atoms with E-state index in [1.54, 1.807) is 0 Å². The van der Waals surface area contributed by atoms with E-state index in [0.29, 0.717) is 19.3 Å². The molecule has 1 aromatic rings. The maximum atomic E-state index is 12.2. The molecule has 4 nitrogen and oxygen atoms in total. The van der Waals surface area contributed by atoms with E-state index < -0.39 is 5.97 Å². The molecule has 1 saturated carbocycles. The lowest BCUT2D eigenvalue weighted by Crippen LogP contribution is -2.38. The van der Waals surface area contributed by atoms with Gasteiger partial charge in [-0.25, -0.2) is 0 Å². The molecule has 5 heteroatoms. The summed E-state index contributed by atoms with van der Waals surface area (Å²) in [6, 6.07) is 7.98. The van der Waals surface area contributed by atoms with Crippen LogP contribution in [0.3, 0.4) is 0 Å². The van der Waals surface area contributed by atoms with Crippen LogP contribution in [-0.4, -0.2) is 23.0 Å². The van der Waals surface area contributed by atoms with Gasteiger partial charge in [0.2, 0.25) is 5.91 Å². The Hall–Kier alpha value is -1.36. The molecule has 21 heavy (non-hydrogen) atoms. The summed E-state index contributed by atoms with van der Waals surface area (Å²) in [6.45, 7) is 1.97. The third kappa shape index (κ3) is 4.30. The predicted molar refractivity (Wildman–Crippen MR) is 83.9 cm³/mol. The lowest BCUT2D eigenvalue weighted by Gasteiger charge is -2.17. The average Bonchev–Trinajstić information content (AvgIpc) is 2.91. The number of carbonyl (C=O) groups excluding carboxylic acids is 1. The lowest BCUT2D eigenvalue weighted by atomic mass is 10.0. The van der Waals surface area contributed by atoms with Crippen LogP contribution in [0.4, 0.5) is 0 Å². The van der Waals surface area contributed by atoms with Gasteiger partial charge in [0.25, 0.3) is 0 Å². The molecule has 2 rings (SSSR count). The van der Waals surface area contributed by atoms with Crippen LogP contribution in [0.2, 0.25) is 0 Å². The monoisotopic (exact) mass is 353 g/mol. The maximum Gasteiger partial charge on any atom is 0.306 e. The van der Waals surface area contributed by atoms with Crippen molar-refractivity contribution in [3.8, 4) is 0 Å². The number of carboxylic acid groups (broad SMARTS) is 1. The SMILES string of the molecule is CC(Cc1ccccc1Br)NC(=O)[C@@H]1CC[C@H](C(=O)O)C1. The van der Waals surface area contributed by atoms with E-state index in [1.165, 1.54) is 0 Å². The van der Waals surface area contributed by atoms with Crippen LogP contribution in [0, 0.1) is 11.8 Å². The second-order valence-electron chi connectivity index (χ2n) is 5.75. The molecular weight excluding hydrogens is 334 g/mol. The highest BCUT2D eigenvalue weighted by molar-refractivity contribution is 9.10. The molecule has 1 unspecified atom stereocenters. The number of hydrogen-bond donors (Lipinski definition) is 2. The van der Waals surface area contributed by atoms with E-state index >= 15 is 0 Å². The molecular formula is C16H20BrNO3. The van der Waals surface area contributed by atoms with Crippen LogP contribution in [-0.2, 0) is 16.0 Å². The van der Waals surface area contributed by atoms with Crippen molar-refractivity contribution in [3.63, 3.8) is 0 Å². The zero-order valence-electron chi connectivity index (χ0n) is 12.0. The first kappa shape index (κ1) is 16.0. The summed E-state index contributed by atoms with van der Waals surface area (Å²) >= 11 is 3.50. The second-order valence-corrected chi connectivity index (χ2v) is 6.60. The Morgan fingerprint density at radius 2 is 2.00 bits per heavy atom. The van der Waals surface area contributed by atoms with Crippen LogP contribution in [0.1, 0.15) is 31.7 Å². The van der Waals surface area contributed by atoms with Crippen molar-refractivity contribution in [1.82, 2.24) is 5.32 Å². The fourth-order valence-electron chi connectivity index (χ4n) is 2.85.